The van der Waals surface area contributed by atoms with Crippen LogP contribution in [0, 0.1) is 6.92 Å². The maximum atomic E-state index is 12.1. The maximum absolute atomic E-state index is 12.1. The Balaban J connectivity index is 1.86. The van der Waals surface area contributed by atoms with E-state index in [0.717, 1.165) is 11.1 Å². The van der Waals surface area contributed by atoms with E-state index in [4.69, 9.17) is 4.74 Å². The minimum atomic E-state index is -3.46. The Morgan fingerprint density at radius 3 is 2.46 bits per heavy atom. The molecule has 2 aromatic rings. The highest BCUT2D eigenvalue weighted by Crippen LogP contribution is 2.14. The van der Waals surface area contributed by atoms with Gasteiger partial charge in [0.25, 0.3) is 5.91 Å². The molecular weight excluding hydrogens is 380 g/mol. The van der Waals surface area contributed by atoms with E-state index < -0.39 is 28.5 Å². The molecule has 0 unspecified atom stereocenters. The molecule has 1 amide bonds. The standard InChI is InChI=1S/C20H24N2O5S/c1-3-11-28(25,26)22-18-6-4-5-17(12-18)20(24)27-14-19(23)21-13-16-9-7-15(2)8-10-16/h4-10,12,22H,3,11,13-14H2,1-2H3,(H,21,23). The average molecular weight is 404 g/mol. The van der Waals surface area contributed by atoms with E-state index in [1.54, 1.807) is 6.92 Å². The maximum Gasteiger partial charge on any atom is 0.338 e. The number of ether oxygens (including phenoxy) is 1. The van der Waals surface area contributed by atoms with Crippen molar-refractivity contribution in [3.8, 4) is 0 Å². The highest BCUT2D eigenvalue weighted by Gasteiger charge is 2.13. The zero-order valence-corrected chi connectivity index (χ0v) is 16.7. The smallest absolute Gasteiger partial charge is 0.338 e. The molecule has 0 atom stereocenters. The third-order valence-corrected chi connectivity index (χ3v) is 5.28. The van der Waals surface area contributed by atoms with Crippen LogP contribution >= 0.6 is 0 Å². The zero-order chi connectivity index (χ0) is 20.6. The van der Waals surface area contributed by atoms with Gasteiger partial charge < -0.3 is 10.1 Å². The number of esters is 1. The van der Waals surface area contributed by atoms with Crippen LogP contribution in [-0.2, 0) is 26.1 Å². The van der Waals surface area contributed by atoms with Gasteiger partial charge in [0, 0.05) is 12.2 Å². The van der Waals surface area contributed by atoms with Crippen LogP contribution in [-0.4, -0.2) is 32.7 Å². The van der Waals surface area contributed by atoms with E-state index in [1.165, 1.54) is 24.3 Å². The molecule has 150 valence electrons. The van der Waals surface area contributed by atoms with Crippen molar-refractivity contribution in [1.82, 2.24) is 5.32 Å². The van der Waals surface area contributed by atoms with Gasteiger partial charge in [-0.3, -0.25) is 9.52 Å². The Morgan fingerprint density at radius 2 is 1.79 bits per heavy atom. The first kappa shape index (κ1) is 21.4. The minimum Gasteiger partial charge on any atom is -0.452 e. The number of nitrogens with one attached hydrogen (secondary N) is 2. The molecule has 0 spiro atoms. The van der Waals surface area contributed by atoms with Crippen LogP contribution in [0.4, 0.5) is 5.69 Å². The van der Waals surface area contributed by atoms with Gasteiger partial charge in [0.2, 0.25) is 10.0 Å². The van der Waals surface area contributed by atoms with Crippen LogP contribution < -0.4 is 10.0 Å². The lowest BCUT2D eigenvalue weighted by atomic mass is 10.1. The topological polar surface area (TPSA) is 102 Å². The van der Waals surface area contributed by atoms with Gasteiger partial charge in [-0.15, -0.1) is 0 Å². The van der Waals surface area contributed by atoms with E-state index in [2.05, 4.69) is 10.0 Å². The van der Waals surface area contributed by atoms with E-state index in [9.17, 15) is 18.0 Å². The van der Waals surface area contributed by atoms with Gasteiger partial charge in [-0.1, -0.05) is 42.8 Å². The second-order valence-electron chi connectivity index (χ2n) is 6.34. The molecule has 0 radical (unpaired) electrons. The summed E-state index contributed by atoms with van der Waals surface area (Å²) in [6.07, 6.45) is 0.481. The molecule has 8 heteroatoms. The zero-order valence-electron chi connectivity index (χ0n) is 15.9. The Bertz CT molecular complexity index is 924. The number of sulfonamides is 1. The highest BCUT2D eigenvalue weighted by atomic mass is 32.2. The van der Waals surface area contributed by atoms with Crippen LogP contribution in [0.1, 0.15) is 34.8 Å². The van der Waals surface area contributed by atoms with Crippen molar-refractivity contribution < 1.29 is 22.7 Å². The number of aryl methyl sites for hydroxylation is 1. The van der Waals surface area contributed by atoms with Crippen molar-refractivity contribution >= 4 is 27.6 Å². The molecule has 0 bridgehead atoms. The van der Waals surface area contributed by atoms with Crippen molar-refractivity contribution in [2.75, 3.05) is 17.1 Å². The first-order chi connectivity index (χ1) is 13.3. The largest absolute Gasteiger partial charge is 0.452 e. The van der Waals surface area contributed by atoms with Crippen molar-refractivity contribution in [3.05, 3.63) is 65.2 Å². The second-order valence-corrected chi connectivity index (χ2v) is 8.18. The van der Waals surface area contributed by atoms with Crippen LogP contribution in [0.3, 0.4) is 0 Å². The predicted molar refractivity (Wildman–Crippen MR) is 107 cm³/mol. The van der Waals surface area contributed by atoms with Crippen LogP contribution in [0.2, 0.25) is 0 Å². The summed E-state index contributed by atoms with van der Waals surface area (Å²) >= 11 is 0. The molecule has 0 heterocycles. The van der Waals surface area contributed by atoms with Gasteiger partial charge in [-0.05, 0) is 37.1 Å². The molecule has 0 fully saturated rings. The molecule has 7 nitrogen and oxygen atoms in total. The lowest BCUT2D eigenvalue weighted by Crippen LogP contribution is -2.28. The third kappa shape index (κ3) is 7.03. The van der Waals surface area contributed by atoms with E-state index in [0.29, 0.717) is 13.0 Å². The minimum absolute atomic E-state index is 0.0111. The van der Waals surface area contributed by atoms with Gasteiger partial charge in [-0.25, -0.2) is 13.2 Å². The molecule has 2 N–H and O–H groups in total. The van der Waals surface area contributed by atoms with Crippen LogP contribution in [0.5, 0.6) is 0 Å². The molecule has 0 aliphatic rings. The Hall–Kier alpha value is -2.87. The van der Waals surface area contributed by atoms with Crippen LogP contribution in [0.25, 0.3) is 0 Å². The summed E-state index contributed by atoms with van der Waals surface area (Å²) in [5.41, 5.74) is 2.50. The average Bonchev–Trinajstić information content (AvgIpc) is 2.65. The predicted octanol–water partition coefficient (Wildman–Crippen LogP) is 2.62. The molecule has 0 saturated carbocycles. The first-order valence-electron chi connectivity index (χ1n) is 8.89. The molecule has 0 aliphatic carbocycles. The Morgan fingerprint density at radius 1 is 1.07 bits per heavy atom. The van der Waals surface area contributed by atoms with Gasteiger partial charge in [0.1, 0.15) is 0 Å². The fourth-order valence-corrected chi connectivity index (χ4v) is 3.51. The SMILES string of the molecule is CCCS(=O)(=O)Nc1cccc(C(=O)OCC(=O)NCc2ccc(C)cc2)c1. The Kier molecular flexibility index (Phi) is 7.57. The summed E-state index contributed by atoms with van der Waals surface area (Å²) in [7, 11) is -3.46. The summed E-state index contributed by atoms with van der Waals surface area (Å²) in [6.45, 7) is 3.66. The van der Waals surface area contributed by atoms with Crippen molar-refractivity contribution in [3.63, 3.8) is 0 Å². The molecular formula is C20H24N2O5S. The third-order valence-electron chi connectivity index (χ3n) is 3.79. The summed E-state index contributed by atoms with van der Waals surface area (Å²) in [5.74, 6) is -1.14. The van der Waals surface area contributed by atoms with Crippen molar-refractivity contribution in [2.45, 2.75) is 26.8 Å². The number of anilines is 1. The van der Waals surface area contributed by atoms with Gasteiger partial charge in [-0.2, -0.15) is 0 Å². The summed E-state index contributed by atoms with van der Waals surface area (Å²) in [5, 5.41) is 2.67. The number of amides is 1. The van der Waals surface area contributed by atoms with Gasteiger partial charge in [0.15, 0.2) is 6.61 Å². The molecule has 0 saturated heterocycles. The van der Waals surface area contributed by atoms with E-state index >= 15 is 0 Å². The van der Waals surface area contributed by atoms with E-state index in [-0.39, 0.29) is 17.0 Å². The number of rotatable bonds is 9. The van der Waals surface area contributed by atoms with Crippen molar-refractivity contribution in [1.29, 1.82) is 0 Å². The van der Waals surface area contributed by atoms with Gasteiger partial charge in [0.05, 0.1) is 11.3 Å². The normalized spacial score (nSPS) is 10.9. The lowest BCUT2D eigenvalue weighted by molar-refractivity contribution is -0.124. The quantitative estimate of drug-likeness (QED) is 0.626. The van der Waals surface area contributed by atoms with E-state index in [1.807, 2.05) is 31.2 Å². The first-order valence-corrected chi connectivity index (χ1v) is 10.5. The molecule has 0 aromatic heterocycles. The number of hydrogen-bond acceptors (Lipinski definition) is 5. The van der Waals surface area contributed by atoms with Crippen LogP contribution in [0.15, 0.2) is 48.5 Å². The fourth-order valence-electron chi connectivity index (χ4n) is 2.38. The van der Waals surface area contributed by atoms with Gasteiger partial charge >= 0.3 is 5.97 Å². The number of hydrogen-bond donors (Lipinski definition) is 2. The highest BCUT2D eigenvalue weighted by molar-refractivity contribution is 7.92. The monoisotopic (exact) mass is 404 g/mol. The summed E-state index contributed by atoms with van der Waals surface area (Å²) in [6, 6.07) is 13.7. The number of benzene rings is 2. The second kappa shape index (κ2) is 9.89. The summed E-state index contributed by atoms with van der Waals surface area (Å²) in [4.78, 5) is 24.0. The summed E-state index contributed by atoms with van der Waals surface area (Å²) < 4.78 is 31.1. The van der Waals surface area contributed by atoms with Crippen molar-refractivity contribution in [2.24, 2.45) is 0 Å². The molecule has 2 aromatic carbocycles. The number of carbonyl (C=O) groups excluding carboxylic acids is 2. The Labute approximate surface area is 165 Å². The lowest BCUT2D eigenvalue weighted by Gasteiger charge is -2.09. The molecule has 2 rings (SSSR count). The fraction of sp³-hybridized carbons (Fsp3) is 0.300. The number of carbonyl (C=O) groups is 2. The molecule has 28 heavy (non-hydrogen) atoms. The molecule has 0 aliphatic heterocycles.